The maximum Gasteiger partial charge on any atom is 0.0762 e. The summed E-state index contributed by atoms with van der Waals surface area (Å²) in [5, 5.41) is 3.46. The number of rotatable bonds is 5. The van der Waals surface area contributed by atoms with E-state index in [0.717, 1.165) is 12.5 Å². The molecule has 2 aliphatic rings. The van der Waals surface area contributed by atoms with E-state index in [1.54, 1.807) is 0 Å². The third-order valence-electron chi connectivity index (χ3n) is 4.51. The van der Waals surface area contributed by atoms with Crippen molar-refractivity contribution < 1.29 is 4.74 Å². The Morgan fingerprint density at radius 3 is 2.79 bits per heavy atom. The van der Waals surface area contributed by atoms with Crippen LogP contribution in [-0.2, 0) is 11.3 Å². The first-order valence-electron chi connectivity index (χ1n) is 7.58. The quantitative estimate of drug-likeness (QED) is 0.882. The SMILES string of the molecule is CNC(c1ccn(CC2CCC(C)(C)O2)c1)C1CC1. The third-order valence-corrected chi connectivity index (χ3v) is 4.51. The van der Waals surface area contributed by atoms with Crippen LogP contribution in [0.1, 0.15) is 51.1 Å². The van der Waals surface area contributed by atoms with Gasteiger partial charge in [-0.1, -0.05) is 0 Å². The molecule has 106 valence electrons. The number of nitrogens with zero attached hydrogens (tertiary/aromatic N) is 1. The Bertz CT molecular complexity index is 434. The van der Waals surface area contributed by atoms with Crippen molar-refractivity contribution in [3.63, 3.8) is 0 Å². The summed E-state index contributed by atoms with van der Waals surface area (Å²) in [6.07, 6.45) is 9.98. The van der Waals surface area contributed by atoms with Gasteiger partial charge in [-0.05, 0) is 64.1 Å². The van der Waals surface area contributed by atoms with E-state index in [4.69, 9.17) is 4.74 Å². The Morgan fingerprint density at radius 1 is 1.42 bits per heavy atom. The van der Waals surface area contributed by atoms with Crippen LogP contribution in [0.15, 0.2) is 18.5 Å². The minimum Gasteiger partial charge on any atom is -0.370 e. The Hall–Kier alpha value is -0.800. The van der Waals surface area contributed by atoms with Crippen molar-refractivity contribution >= 4 is 0 Å². The van der Waals surface area contributed by atoms with Gasteiger partial charge in [0, 0.05) is 25.0 Å². The van der Waals surface area contributed by atoms with Gasteiger partial charge in [-0.25, -0.2) is 0 Å². The molecule has 0 aromatic carbocycles. The van der Waals surface area contributed by atoms with Gasteiger partial charge in [-0.3, -0.25) is 0 Å². The van der Waals surface area contributed by atoms with Crippen molar-refractivity contribution in [2.75, 3.05) is 7.05 Å². The van der Waals surface area contributed by atoms with Crippen molar-refractivity contribution in [2.45, 2.75) is 63.8 Å². The lowest BCUT2D eigenvalue weighted by Crippen LogP contribution is -2.22. The highest BCUT2D eigenvalue weighted by atomic mass is 16.5. The molecule has 1 aromatic heterocycles. The Morgan fingerprint density at radius 2 is 2.21 bits per heavy atom. The molecule has 0 radical (unpaired) electrons. The predicted molar refractivity (Wildman–Crippen MR) is 77.1 cm³/mol. The molecule has 19 heavy (non-hydrogen) atoms. The summed E-state index contributed by atoms with van der Waals surface area (Å²) in [4.78, 5) is 0. The van der Waals surface area contributed by atoms with Crippen LogP contribution in [0.2, 0.25) is 0 Å². The van der Waals surface area contributed by atoms with E-state index >= 15 is 0 Å². The summed E-state index contributed by atoms with van der Waals surface area (Å²) in [5.74, 6) is 0.850. The molecule has 1 aliphatic heterocycles. The number of aromatic nitrogens is 1. The lowest BCUT2D eigenvalue weighted by atomic mass is 10.1. The molecule has 1 saturated carbocycles. The van der Waals surface area contributed by atoms with Crippen molar-refractivity contribution in [1.29, 1.82) is 0 Å². The zero-order valence-electron chi connectivity index (χ0n) is 12.4. The zero-order valence-corrected chi connectivity index (χ0v) is 12.4. The zero-order chi connectivity index (χ0) is 13.5. The molecule has 1 saturated heterocycles. The van der Waals surface area contributed by atoms with Crippen molar-refractivity contribution in [3.8, 4) is 0 Å². The molecule has 0 bridgehead atoms. The molecule has 3 nitrogen and oxygen atoms in total. The van der Waals surface area contributed by atoms with E-state index in [9.17, 15) is 0 Å². The Labute approximate surface area is 116 Å². The van der Waals surface area contributed by atoms with E-state index in [0.29, 0.717) is 12.1 Å². The smallest absolute Gasteiger partial charge is 0.0762 e. The average Bonchev–Trinajstić information content (AvgIpc) is 2.98. The molecule has 2 atom stereocenters. The van der Waals surface area contributed by atoms with E-state index in [-0.39, 0.29) is 5.60 Å². The molecule has 1 aliphatic carbocycles. The highest BCUT2D eigenvalue weighted by Gasteiger charge is 2.33. The first-order chi connectivity index (χ1) is 9.07. The van der Waals surface area contributed by atoms with Crippen LogP contribution in [0.25, 0.3) is 0 Å². The molecule has 1 aromatic rings. The monoisotopic (exact) mass is 262 g/mol. The summed E-state index contributed by atoms with van der Waals surface area (Å²) >= 11 is 0. The highest BCUT2D eigenvalue weighted by Crippen LogP contribution is 2.40. The van der Waals surface area contributed by atoms with Gasteiger partial charge in [-0.15, -0.1) is 0 Å². The number of nitrogens with one attached hydrogen (secondary N) is 1. The molecule has 2 heterocycles. The molecule has 0 amide bonds. The minimum absolute atomic E-state index is 0.0716. The molecule has 0 spiro atoms. The van der Waals surface area contributed by atoms with Crippen molar-refractivity contribution in [3.05, 3.63) is 24.0 Å². The van der Waals surface area contributed by atoms with Crippen LogP contribution in [0, 0.1) is 5.92 Å². The lowest BCUT2D eigenvalue weighted by molar-refractivity contribution is -0.0216. The van der Waals surface area contributed by atoms with Crippen molar-refractivity contribution in [1.82, 2.24) is 9.88 Å². The highest BCUT2D eigenvalue weighted by molar-refractivity contribution is 5.18. The second-order valence-electron chi connectivity index (χ2n) is 6.78. The molecule has 3 heteroatoms. The fraction of sp³-hybridized carbons (Fsp3) is 0.750. The maximum atomic E-state index is 6.07. The van der Waals surface area contributed by atoms with Gasteiger partial charge in [0.15, 0.2) is 0 Å². The topological polar surface area (TPSA) is 26.2 Å². The van der Waals surface area contributed by atoms with Gasteiger partial charge >= 0.3 is 0 Å². The molecular formula is C16H26N2O. The summed E-state index contributed by atoms with van der Waals surface area (Å²) < 4.78 is 8.37. The Balaban J connectivity index is 1.62. The molecule has 1 N–H and O–H groups in total. The van der Waals surface area contributed by atoms with Gasteiger partial charge in [0.25, 0.3) is 0 Å². The summed E-state index contributed by atoms with van der Waals surface area (Å²) in [6.45, 7) is 5.38. The predicted octanol–water partition coefficient (Wildman–Crippen LogP) is 3.12. The largest absolute Gasteiger partial charge is 0.370 e. The second kappa shape index (κ2) is 4.95. The first-order valence-corrected chi connectivity index (χ1v) is 7.58. The average molecular weight is 262 g/mol. The normalized spacial score (nSPS) is 27.6. The van der Waals surface area contributed by atoms with Crippen LogP contribution >= 0.6 is 0 Å². The molecule has 2 fully saturated rings. The van der Waals surface area contributed by atoms with E-state index in [2.05, 4.69) is 49.2 Å². The van der Waals surface area contributed by atoms with Gasteiger partial charge in [0.2, 0.25) is 0 Å². The summed E-state index contributed by atoms with van der Waals surface area (Å²) in [6, 6.07) is 2.81. The van der Waals surface area contributed by atoms with Gasteiger partial charge in [0.1, 0.15) is 0 Å². The minimum atomic E-state index is 0.0716. The standard InChI is InChI=1S/C16H26N2O/c1-16(2)8-6-14(19-16)11-18-9-7-13(10-18)15(17-3)12-4-5-12/h7,9-10,12,14-15,17H,4-6,8,11H2,1-3H3. The van der Waals surface area contributed by atoms with Crippen LogP contribution in [-0.4, -0.2) is 23.3 Å². The van der Waals surface area contributed by atoms with Crippen LogP contribution in [0.4, 0.5) is 0 Å². The first kappa shape index (κ1) is 13.2. The van der Waals surface area contributed by atoms with Gasteiger partial charge < -0.3 is 14.6 Å². The molecular weight excluding hydrogens is 236 g/mol. The Kier molecular flexibility index (Phi) is 3.44. The number of ether oxygens (including phenoxy) is 1. The van der Waals surface area contributed by atoms with Crippen LogP contribution < -0.4 is 5.32 Å². The van der Waals surface area contributed by atoms with Crippen LogP contribution in [0.5, 0.6) is 0 Å². The second-order valence-corrected chi connectivity index (χ2v) is 6.78. The van der Waals surface area contributed by atoms with E-state index < -0.39 is 0 Å². The maximum absolute atomic E-state index is 6.07. The number of hydrogen-bond acceptors (Lipinski definition) is 2. The van der Waals surface area contributed by atoms with E-state index in [1.807, 2.05) is 0 Å². The van der Waals surface area contributed by atoms with Crippen molar-refractivity contribution in [2.24, 2.45) is 5.92 Å². The van der Waals surface area contributed by atoms with Crippen LogP contribution in [0.3, 0.4) is 0 Å². The van der Waals surface area contributed by atoms with Gasteiger partial charge in [0.05, 0.1) is 11.7 Å². The van der Waals surface area contributed by atoms with E-state index in [1.165, 1.54) is 31.2 Å². The molecule has 3 rings (SSSR count). The fourth-order valence-electron chi connectivity index (χ4n) is 3.30. The summed E-state index contributed by atoms with van der Waals surface area (Å²) in [7, 11) is 2.07. The third kappa shape index (κ3) is 3.03. The molecule has 2 unspecified atom stereocenters. The lowest BCUT2D eigenvalue weighted by Gasteiger charge is -2.19. The van der Waals surface area contributed by atoms with Gasteiger partial charge in [-0.2, -0.15) is 0 Å². The fourth-order valence-corrected chi connectivity index (χ4v) is 3.30. The number of hydrogen-bond donors (Lipinski definition) is 1. The summed E-state index contributed by atoms with van der Waals surface area (Å²) in [5.41, 5.74) is 1.50.